The van der Waals surface area contributed by atoms with Crippen molar-refractivity contribution in [3.8, 4) is 11.5 Å². The van der Waals surface area contributed by atoms with Gasteiger partial charge in [0.25, 0.3) is 10.0 Å². The van der Waals surface area contributed by atoms with Crippen molar-refractivity contribution < 1.29 is 23.1 Å². The van der Waals surface area contributed by atoms with E-state index in [9.17, 15) is 13.2 Å². The van der Waals surface area contributed by atoms with E-state index in [0.29, 0.717) is 10.6 Å². The maximum absolute atomic E-state index is 13.2. The second-order valence-electron chi connectivity index (χ2n) is 8.09. The topological polar surface area (TPSA) is 108 Å². The molecule has 0 saturated heterocycles. The van der Waals surface area contributed by atoms with Crippen LogP contribution in [-0.4, -0.2) is 24.5 Å². The number of hydrogen-bond donors (Lipinski definition) is 3. The van der Waals surface area contributed by atoms with Gasteiger partial charge in [0.1, 0.15) is 10.6 Å². The third-order valence-electron chi connectivity index (χ3n) is 5.57. The van der Waals surface area contributed by atoms with E-state index in [0.717, 1.165) is 28.6 Å². The molecule has 0 saturated carbocycles. The number of ether oxygens (including phenoxy) is 1. The summed E-state index contributed by atoms with van der Waals surface area (Å²) in [5, 5.41) is 10.4. The van der Waals surface area contributed by atoms with Crippen LogP contribution in [0.15, 0.2) is 53.4 Å². The van der Waals surface area contributed by atoms with Gasteiger partial charge in [0.2, 0.25) is 0 Å². The number of aryl methyl sites for hydroxylation is 2. The Morgan fingerprint density at radius 1 is 1.03 bits per heavy atom. The molecule has 11 heteroatoms. The highest BCUT2D eigenvalue weighted by atomic mass is 35.5. The predicted molar refractivity (Wildman–Crippen MR) is 143 cm³/mol. The summed E-state index contributed by atoms with van der Waals surface area (Å²) in [5.74, 6) is -0.546. The molecule has 1 heterocycles. The van der Waals surface area contributed by atoms with Crippen molar-refractivity contribution in [2.45, 2.75) is 31.6 Å². The number of sulfonamides is 1. The monoisotopic (exact) mass is 566 g/mol. The number of carboxylic acids is 1. The van der Waals surface area contributed by atoms with Crippen LogP contribution in [0.25, 0.3) is 10.9 Å². The summed E-state index contributed by atoms with van der Waals surface area (Å²) in [6.07, 6.45) is 0.558. The molecule has 188 valence electrons. The van der Waals surface area contributed by atoms with Gasteiger partial charge >= 0.3 is 5.97 Å². The minimum absolute atomic E-state index is 0.0282. The number of H-pyrrole nitrogens is 1. The summed E-state index contributed by atoms with van der Waals surface area (Å²) in [4.78, 5) is 14.2. The number of nitrogens with one attached hydrogen (secondary N) is 2. The second-order valence-corrected chi connectivity index (χ2v) is 11.0. The number of anilines is 1. The number of hydrogen-bond acceptors (Lipinski definition) is 4. The molecule has 36 heavy (non-hydrogen) atoms. The van der Waals surface area contributed by atoms with Gasteiger partial charge in [-0.05, 0) is 66.9 Å². The number of fused-ring (bicyclic) bond motifs is 1. The molecule has 0 spiro atoms. The average Bonchev–Trinajstić information content (AvgIpc) is 3.08. The Hall–Kier alpha value is -2.91. The molecule has 4 rings (SSSR count). The first-order valence-electron chi connectivity index (χ1n) is 10.8. The van der Waals surface area contributed by atoms with E-state index in [1.165, 1.54) is 24.3 Å². The quantitative estimate of drug-likeness (QED) is 0.208. The minimum Gasteiger partial charge on any atom is -0.481 e. The third kappa shape index (κ3) is 5.42. The zero-order valence-electron chi connectivity index (χ0n) is 19.2. The molecular weight excluding hydrogens is 547 g/mol. The molecule has 0 fully saturated rings. The normalized spacial score (nSPS) is 11.6. The SMILES string of the molecule is CCc1c(C)[nH]c2cc(NS(=O)(=O)c3ccc(Cl)cc3Cl)c(Oc3ccc(CC(=O)O)cc3Cl)cc12. The molecular formula is C25H21Cl3N2O5S. The van der Waals surface area contributed by atoms with E-state index < -0.39 is 16.0 Å². The van der Waals surface area contributed by atoms with Crippen LogP contribution in [0.3, 0.4) is 0 Å². The number of aromatic nitrogens is 1. The minimum atomic E-state index is -4.12. The van der Waals surface area contributed by atoms with Crippen LogP contribution in [-0.2, 0) is 27.7 Å². The summed E-state index contributed by atoms with van der Waals surface area (Å²) in [5.41, 5.74) is 3.40. The number of rotatable bonds is 8. The lowest BCUT2D eigenvalue weighted by Crippen LogP contribution is -2.14. The number of halogens is 3. The van der Waals surface area contributed by atoms with Crippen LogP contribution in [0.4, 0.5) is 5.69 Å². The lowest BCUT2D eigenvalue weighted by molar-refractivity contribution is -0.136. The summed E-state index contributed by atoms with van der Waals surface area (Å²) in [6.45, 7) is 3.96. The van der Waals surface area contributed by atoms with Gasteiger partial charge in [-0.3, -0.25) is 9.52 Å². The van der Waals surface area contributed by atoms with Gasteiger partial charge in [0, 0.05) is 21.6 Å². The highest BCUT2D eigenvalue weighted by Gasteiger charge is 2.22. The van der Waals surface area contributed by atoms with Crippen molar-refractivity contribution in [3.63, 3.8) is 0 Å². The van der Waals surface area contributed by atoms with Crippen LogP contribution in [0.1, 0.15) is 23.7 Å². The summed E-state index contributed by atoms with van der Waals surface area (Å²) in [7, 11) is -4.12. The van der Waals surface area contributed by atoms with Crippen molar-refractivity contribution in [1.29, 1.82) is 0 Å². The summed E-state index contributed by atoms with van der Waals surface area (Å²) >= 11 is 18.5. The van der Waals surface area contributed by atoms with Crippen molar-refractivity contribution in [1.82, 2.24) is 4.98 Å². The maximum atomic E-state index is 13.2. The largest absolute Gasteiger partial charge is 0.481 e. The molecule has 0 aliphatic rings. The number of carboxylic acid groups (broad SMARTS) is 1. The Bertz CT molecular complexity index is 1600. The number of carbonyl (C=O) groups is 1. The highest BCUT2D eigenvalue weighted by Crippen LogP contribution is 2.40. The first kappa shape index (κ1) is 26.2. The van der Waals surface area contributed by atoms with E-state index in [2.05, 4.69) is 9.71 Å². The molecule has 0 aliphatic heterocycles. The van der Waals surface area contributed by atoms with E-state index in [1.807, 2.05) is 13.8 Å². The van der Waals surface area contributed by atoms with E-state index in [1.54, 1.807) is 24.3 Å². The van der Waals surface area contributed by atoms with Gasteiger partial charge in [-0.15, -0.1) is 0 Å². The third-order valence-corrected chi connectivity index (χ3v) is 7.95. The Balaban J connectivity index is 1.81. The molecule has 1 aromatic heterocycles. The van der Waals surface area contributed by atoms with Gasteiger partial charge in [0.05, 0.1) is 22.2 Å². The fourth-order valence-electron chi connectivity index (χ4n) is 3.96. The zero-order valence-corrected chi connectivity index (χ0v) is 22.2. The van der Waals surface area contributed by atoms with Crippen LogP contribution in [0.5, 0.6) is 11.5 Å². The molecule has 4 aromatic rings. The lowest BCUT2D eigenvalue weighted by atomic mass is 10.1. The van der Waals surface area contributed by atoms with Crippen molar-refractivity contribution in [2.24, 2.45) is 0 Å². The molecule has 0 amide bonds. The number of aromatic amines is 1. The molecule has 0 atom stereocenters. The van der Waals surface area contributed by atoms with Gasteiger partial charge in [-0.2, -0.15) is 0 Å². The predicted octanol–water partition coefficient (Wildman–Crippen LogP) is 7.22. The molecule has 7 nitrogen and oxygen atoms in total. The Kier molecular flexibility index (Phi) is 7.43. The molecule has 0 radical (unpaired) electrons. The second kappa shape index (κ2) is 10.2. The Morgan fingerprint density at radius 2 is 1.78 bits per heavy atom. The van der Waals surface area contributed by atoms with Crippen molar-refractivity contribution in [2.75, 3.05) is 4.72 Å². The Labute approximate surface area is 223 Å². The maximum Gasteiger partial charge on any atom is 0.307 e. The first-order valence-corrected chi connectivity index (χ1v) is 13.4. The zero-order chi connectivity index (χ0) is 26.2. The number of benzene rings is 3. The molecule has 3 aromatic carbocycles. The summed E-state index contributed by atoms with van der Waals surface area (Å²) in [6, 6.07) is 12.1. The highest BCUT2D eigenvalue weighted by molar-refractivity contribution is 7.92. The van der Waals surface area contributed by atoms with Crippen molar-refractivity contribution in [3.05, 3.63) is 80.4 Å². The van der Waals surface area contributed by atoms with Gasteiger partial charge in [0.15, 0.2) is 5.75 Å². The van der Waals surface area contributed by atoms with E-state index in [4.69, 9.17) is 44.6 Å². The smallest absolute Gasteiger partial charge is 0.307 e. The molecule has 0 unspecified atom stereocenters. The fraction of sp³-hybridized carbons (Fsp3) is 0.160. The van der Waals surface area contributed by atoms with E-state index >= 15 is 0 Å². The standard InChI is InChI=1S/C25H21Cl3N2O5S/c1-3-16-13(2)29-20-12-21(30-36(33,34)24-7-5-15(26)10-19(24)28)23(11-17(16)20)35-22-6-4-14(8-18(22)27)9-25(31)32/h4-8,10-12,29-30H,3,9H2,1-2H3,(H,31,32). The number of aliphatic carboxylic acids is 1. The van der Waals surface area contributed by atoms with Crippen LogP contribution in [0, 0.1) is 6.92 Å². The van der Waals surface area contributed by atoms with Crippen LogP contribution < -0.4 is 9.46 Å². The average molecular weight is 568 g/mol. The van der Waals surface area contributed by atoms with E-state index in [-0.39, 0.29) is 38.5 Å². The van der Waals surface area contributed by atoms with Gasteiger partial charge in [-0.1, -0.05) is 47.8 Å². The molecule has 0 bridgehead atoms. The first-order chi connectivity index (χ1) is 17.0. The fourth-order valence-corrected chi connectivity index (χ4v) is 6.03. The lowest BCUT2D eigenvalue weighted by Gasteiger charge is -2.16. The van der Waals surface area contributed by atoms with Crippen LogP contribution >= 0.6 is 34.8 Å². The summed E-state index contributed by atoms with van der Waals surface area (Å²) < 4.78 is 35.1. The Morgan fingerprint density at radius 3 is 2.42 bits per heavy atom. The van der Waals surface area contributed by atoms with Gasteiger partial charge < -0.3 is 14.8 Å². The molecule has 3 N–H and O–H groups in total. The van der Waals surface area contributed by atoms with Crippen molar-refractivity contribution >= 4 is 67.4 Å². The van der Waals surface area contributed by atoms with Crippen LogP contribution in [0.2, 0.25) is 15.1 Å². The molecule has 0 aliphatic carbocycles. The van der Waals surface area contributed by atoms with Gasteiger partial charge in [-0.25, -0.2) is 8.42 Å².